The molecule has 0 aliphatic carbocycles. The number of rotatable bonds is 10. The lowest BCUT2D eigenvalue weighted by molar-refractivity contribution is -0.162. The summed E-state index contributed by atoms with van der Waals surface area (Å²) in [6.07, 6.45) is 2.03. The van der Waals surface area contributed by atoms with Crippen molar-refractivity contribution in [2.24, 2.45) is 17.8 Å². The summed E-state index contributed by atoms with van der Waals surface area (Å²) in [5, 5.41) is 10.7. The molecule has 3 saturated heterocycles. The van der Waals surface area contributed by atoms with Gasteiger partial charge < -0.3 is 29.1 Å². The number of carbonyl (C=O) groups is 3. The molecule has 2 aromatic rings. The molecule has 2 bridgehead atoms. The Bertz CT molecular complexity index is 1320. The van der Waals surface area contributed by atoms with Crippen LogP contribution in [0, 0.1) is 17.8 Å². The molecule has 0 aromatic heterocycles. The standard InChI is InChI=1S/C32H38N2O7/c1-6-17-33(22-13-15-23(39-5)16-14-22)29(37)27-32-18-20(3)31(4,41-32)26(30(38)40-7-2)25(32)28(36)34(27)24(19-35)21-11-9-8-10-12-21/h6,8-16,20,24-27,35H,1,7,17-19H2,2-5H3/t20?,24-,25+,26-,27?,31+,32?/m1/s1. The predicted octanol–water partition coefficient (Wildman–Crippen LogP) is 3.52. The number of anilines is 1. The minimum atomic E-state index is -1.28. The molecule has 9 nitrogen and oxygen atoms in total. The van der Waals surface area contributed by atoms with E-state index in [9.17, 15) is 19.5 Å². The number of benzene rings is 2. The van der Waals surface area contributed by atoms with Crippen molar-refractivity contribution in [2.75, 3.05) is 31.8 Å². The molecule has 5 rings (SSSR count). The number of likely N-dealkylation sites (tertiary alicyclic amines) is 1. The summed E-state index contributed by atoms with van der Waals surface area (Å²) in [4.78, 5) is 45.8. The van der Waals surface area contributed by atoms with E-state index in [1.807, 2.05) is 44.2 Å². The van der Waals surface area contributed by atoms with Gasteiger partial charge in [-0.3, -0.25) is 14.4 Å². The summed E-state index contributed by atoms with van der Waals surface area (Å²) in [7, 11) is 1.57. The van der Waals surface area contributed by atoms with Crippen LogP contribution in [0.1, 0.15) is 38.8 Å². The average Bonchev–Trinajstić information content (AvgIpc) is 3.49. The first kappa shape index (κ1) is 28.8. The van der Waals surface area contributed by atoms with Gasteiger partial charge in [0.15, 0.2) is 0 Å². The van der Waals surface area contributed by atoms with Crippen LogP contribution in [-0.2, 0) is 23.9 Å². The summed E-state index contributed by atoms with van der Waals surface area (Å²) in [5.74, 6) is -2.59. The first-order valence-electron chi connectivity index (χ1n) is 14.1. The van der Waals surface area contributed by atoms with Gasteiger partial charge in [-0.1, -0.05) is 43.3 Å². The number of amides is 2. The monoisotopic (exact) mass is 562 g/mol. The molecule has 2 amide bonds. The molecule has 3 aliphatic rings. The van der Waals surface area contributed by atoms with Crippen LogP contribution in [0.25, 0.3) is 0 Å². The van der Waals surface area contributed by atoms with Gasteiger partial charge in [-0.25, -0.2) is 0 Å². The van der Waals surface area contributed by atoms with Crippen molar-refractivity contribution in [3.63, 3.8) is 0 Å². The third-order valence-corrected chi connectivity index (χ3v) is 9.18. The summed E-state index contributed by atoms with van der Waals surface area (Å²) in [6, 6.07) is 14.3. The van der Waals surface area contributed by atoms with Crippen LogP contribution in [0.5, 0.6) is 5.75 Å². The quantitative estimate of drug-likeness (QED) is 0.349. The van der Waals surface area contributed by atoms with Crippen molar-refractivity contribution < 1.29 is 33.7 Å². The Kier molecular flexibility index (Phi) is 7.70. The van der Waals surface area contributed by atoms with Gasteiger partial charge in [-0.2, -0.15) is 0 Å². The smallest absolute Gasteiger partial charge is 0.312 e. The number of carbonyl (C=O) groups excluding carboxylic acids is 3. The second-order valence-corrected chi connectivity index (χ2v) is 11.2. The number of fused-ring (bicyclic) bond motifs is 1. The third kappa shape index (κ3) is 4.33. The van der Waals surface area contributed by atoms with Crippen molar-refractivity contribution >= 4 is 23.5 Å². The van der Waals surface area contributed by atoms with E-state index in [1.54, 1.807) is 49.3 Å². The number of nitrogens with zero attached hydrogens (tertiary/aromatic N) is 2. The van der Waals surface area contributed by atoms with Gasteiger partial charge >= 0.3 is 5.97 Å². The van der Waals surface area contributed by atoms with E-state index >= 15 is 0 Å². The molecule has 1 N–H and O–H groups in total. The lowest BCUT2D eigenvalue weighted by atomic mass is 9.62. The maximum atomic E-state index is 14.8. The molecule has 3 unspecified atom stereocenters. The van der Waals surface area contributed by atoms with E-state index in [-0.39, 0.29) is 25.0 Å². The fourth-order valence-corrected chi connectivity index (χ4v) is 7.27. The van der Waals surface area contributed by atoms with Crippen LogP contribution >= 0.6 is 0 Å². The fourth-order valence-electron chi connectivity index (χ4n) is 7.27. The van der Waals surface area contributed by atoms with Crippen molar-refractivity contribution in [2.45, 2.75) is 50.5 Å². The predicted molar refractivity (Wildman–Crippen MR) is 152 cm³/mol. The Hall–Kier alpha value is -3.69. The number of hydrogen-bond acceptors (Lipinski definition) is 7. The first-order valence-corrected chi connectivity index (χ1v) is 14.1. The van der Waals surface area contributed by atoms with Gasteiger partial charge in [0.05, 0.1) is 37.9 Å². The summed E-state index contributed by atoms with van der Waals surface area (Å²) in [5.41, 5.74) is -0.994. The van der Waals surface area contributed by atoms with E-state index in [0.717, 1.165) is 0 Å². The van der Waals surface area contributed by atoms with E-state index in [4.69, 9.17) is 14.2 Å². The number of aliphatic hydroxyl groups excluding tert-OH is 1. The van der Waals surface area contributed by atoms with E-state index in [0.29, 0.717) is 23.4 Å². The van der Waals surface area contributed by atoms with Crippen LogP contribution in [0.15, 0.2) is 67.3 Å². The molecule has 41 heavy (non-hydrogen) atoms. The number of methoxy groups -OCH3 is 1. The summed E-state index contributed by atoms with van der Waals surface area (Å²) < 4.78 is 17.6. The van der Waals surface area contributed by atoms with Crippen molar-refractivity contribution in [1.29, 1.82) is 0 Å². The lowest BCUT2D eigenvalue weighted by Crippen LogP contribution is -2.57. The molecule has 3 fully saturated rings. The Morgan fingerprint density at radius 2 is 1.90 bits per heavy atom. The van der Waals surface area contributed by atoms with Crippen molar-refractivity contribution in [3.05, 3.63) is 72.8 Å². The highest BCUT2D eigenvalue weighted by molar-refractivity contribution is 6.05. The number of aliphatic hydroxyl groups is 1. The number of ether oxygens (including phenoxy) is 3. The molecule has 3 aliphatic heterocycles. The van der Waals surface area contributed by atoms with Gasteiger partial charge in [0, 0.05) is 12.2 Å². The normalized spacial score (nSPS) is 30.6. The second-order valence-electron chi connectivity index (χ2n) is 11.2. The molecule has 0 saturated carbocycles. The molecular weight excluding hydrogens is 524 g/mol. The zero-order valence-corrected chi connectivity index (χ0v) is 24.0. The third-order valence-electron chi connectivity index (χ3n) is 9.18. The summed E-state index contributed by atoms with van der Waals surface area (Å²) in [6.45, 7) is 9.33. The van der Waals surface area contributed by atoms with Crippen LogP contribution in [0.3, 0.4) is 0 Å². The second kappa shape index (κ2) is 10.9. The van der Waals surface area contributed by atoms with Gasteiger partial charge in [0.2, 0.25) is 5.91 Å². The van der Waals surface area contributed by atoms with Crippen LogP contribution in [0.2, 0.25) is 0 Å². The minimum Gasteiger partial charge on any atom is -0.497 e. The maximum Gasteiger partial charge on any atom is 0.312 e. The van der Waals surface area contributed by atoms with Crippen LogP contribution in [0.4, 0.5) is 5.69 Å². The van der Waals surface area contributed by atoms with Crippen molar-refractivity contribution in [3.8, 4) is 5.75 Å². The molecular formula is C32H38N2O7. The van der Waals surface area contributed by atoms with Crippen molar-refractivity contribution in [1.82, 2.24) is 4.90 Å². The van der Waals surface area contributed by atoms with E-state index in [2.05, 4.69) is 6.58 Å². The van der Waals surface area contributed by atoms with Gasteiger partial charge in [-0.05, 0) is 56.0 Å². The fraction of sp³-hybridized carbons (Fsp3) is 0.469. The SMILES string of the molecule is C=CCN(C(=O)C1N([C@H](CO)c2ccccc2)C(=O)[C@@H]2[C@H](C(=O)OCC)[C@@]3(C)OC12CC3C)c1ccc(OC)cc1. The topological polar surface area (TPSA) is 106 Å². The zero-order chi connectivity index (χ0) is 29.5. The van der Waals surface area contributed by atoms with Gasteiger partial charge in [0.25, 0.3) is 5.91 Å². The Morgan fingerprint density at radius 1 is 1.22 bits per heavy atom. The molecule has 3 heterocycles. The number of hydrogen-bond donors (Lipinski definition) is 1. The molecule has 2 aromatic carbocycles. The molecule has 9 heteroatoms. The van der Waals surface area contributed by atoms with Gasteiger partial charge in [0.1, 0.15) is 23.3 Å². The minimum absolute atomic E-state index is 0.130. The average molecular weight is 563 g/mol. The Labute approximate surface area is 240 Å². The van der Waals surface area contributed by atoms with Gasteiger partial charge in [-0.15, -0.1) is 6.58 Å². The lowest BCUT2D eigenvalue weighted by Gasteiger charge is -2.39. The number of esters is 1. The largest absolute Gasteiger partial charge is 0.497 e. The Morgan fingerprint density at radius 3 is 2.49 bits per heavy atom. The molecule has 1 spiro atoms. The van der Waals surface area contributed by atoms with E-state index < -0.39 is 53.6 Å². The maximum absolute atomic E-state index is 14.8. The zero-order valence-electron chi connectivity index (χ0n) is 24.0. The highest BCUT2D eigenvalue weighted by Crippen LogP contribution is 2.66. The first-order chi connectivity index (χ1) is 19.7. The van der Waals surface area contributed by atoms with Crippen LogP contribution in [-0.4, -0.2) is 71.9 Å². The summed E-state index contributed by atoms with van der Waals surface area (Å²) >= 11 is 0. The molecule has 7 atom stereocenters. The molecule has 0 radical (unpaired) electrons. The van der Waals surface area contributed by atoms with Crippen LogP contribution < -0.4 is 9.64 Å². The molecule has 218 valence electrons. The van der Waals surface area contributed by atoms with E-state index in [1.165, 1.54) is 4.90 Å². The highest BCUT2D eigenvalue weighted by atomic mass is 16.6. The highest BCUT2D eigenvalue weighted by Gasteiger charge is 2.80. The Balaban J connectivity index is 1.68.